The Balaban J connectivity index is -0.000000439. The summed E-state index contributed by atoms with van der Waals surface area (Å²) >= 11 is 0. The van der Waals surface area contributed by atoms with Crippen LogP contribution in [0, 0.1) is 0 Å². The van der Waals surface area contributed by atoms with Gasteiger partial charge in [0.25, 0.3) is 5.91 Å². The van der Waals surface area contributed by atoms with Gasteiger partial charge in [-0.1, -0.05) is 41.2 Å². The minimum atomic E-state index is -0.901. The van der Waals surface area contributed by atoms with Crippen LogP contribution in [0.2, 0.25) is 0 Å². The lowest BCUT2D eigenvalue weighted by Gasteiger charge is -2.20. The molecule has 0 rings (SSSR count). The van der Waals surface area contributed by atoms with Crippen LogP contribution in [-0.2, 0) is 4.79 Å². The van der Waals surface area contributed by atoms with Crippen molar-refractivity contribution in [2.75, 3.05) is 33.7 Å². The summed E-state index contributed by atoms with van der Waals surface area (Å²) in [5, 5.41) is 0. The fourth-order valence-corrected chi connectivity index (χ4v) is 0.787. The molecule has 1 amide bonds. The number of likely N-dealkylation sites (N-methyl/N-ethyl adjacent to an activating group) is 2. The molecular formula is C13H29FN2O. The Morgan fingerprint density at radius 3 is 1.82 bits per heavy atom. The Morgan fingerprint density at radius 2 is 1.53 bits per heavy atom. The van der Waals surface area contributed by atoms with Crippen molar-refractivity contribution < 1.29 is 9.18 Å². The number of nitrogens with zero attached hydrogens (tertiary/aromatic N) is 2. The number of carbonyl (C=O) groups is 1. The Morgan fingerprint density at radius 1 is 1.12 bits per heavy atom. The molecule has 17 heavy (non-hydrogen) atoms. The summed E-state index contributed by atoms with van der Waals surface area (Å²) in [5.74, 6) is -1.54. The zero-order valence-electron chi connectivity index (χ0n) is 12.5. The van der Waals surface area contributed by atoms with Gasteiger partial charge >= 0.3 is 0 Å². The fraction of sp³-hybridized carbons (Fsp3) is 0.769. The van der Waals surface area contributed by atoms with Crippen LogP contribution in [0.5, 0.6) is 0 Å². The smallest absolute Gasteiger partial charge is 0.281 e. The van der Waals surface area contributed by atoms with Gasteiger partial charge in [-0.15, -0.1) is 0 Å². The first-order valence-electron chi connectivity index (χ1n) is 6.27. The number of hydrogen-bond donors (Lipinski definition) is 0. The molecule has 0 radical (unpaired) electrons. The van der Waals surface area contributed by atoms with Crippen LogP contribution in [0.4, 0.5) is 4.39 Å². The standard InChI is InChI=1S/C9H17FN2O.2C2H6/c1-5-11(3)6-7-12(4)9(13)8(2)10;2*1-2/h2,5-7H2,1,3-4H3;2*1-2H3. The SMILES string of the molecule is C=C(F)C(=O)N(C)CCN(C)CC.CC.CC. The summed E-state index contributed by atoms with van der Waals surface area (Å²) in [6, 6.07) is 0. The van der Waals surface area contributed by atoms with Crippen LogP contribution in [0.25, 0.3) is 0 Å². The van der Waals surface area contributed by atoms with Crippen LogP contribution < -0.4 is 0 Å². The molecule has 4 heteroatoms. The third-order valence-electron chi connectivity index (χ3n) is 1.94. The van der Waals surface area contributed by atoms with Gasteiger partial charge in [-0.25, -0.2) is 4.39 Å². The van der Waals surface area contributed by atoms with Crippen LogP contribution >= 0.6 is 0 Å². The van der Waals surface area contributed by atoms with E-state index in [-0.39, 0.29) is 0 Å². The molecule has 0 aliphatic rings. The van der Waals surface area contributed by atoms with Crippen molar-refractivity contribution in [3.8, 4) is 0 Å². The lowest BCUT2D eigenvalue weighted by atomic mass is 10.4. The van der Waals surface area contributed by atoms with E-state index < -0.39 is 11.7 Å². The monoisotopic (exact) mass is 248 g/mol. The van der Waals surface area contributed by atoms with E-state index in [2.05, 4.69) is 6.58 Å². The van der Waals surface area contributed by atoms with E-state index in [4.69, 9.17) is 0 Å². The first kappa shape index (κ1) is 21.4. The molecule has 0 bridgehead atoms. The number of carbonyl (C=O) groups excluding carboxylic acids is 1. The lowest BCUT2D eigenvalue weighted by molar-refractivity contribution is -0.127. The van der Waals surface area contributed by atoms with Crippen LogP contribution in [0.3, 0.4) is 0 Å². The highest BCUT2D eigenvalue weighted by atomic mass is 19.1. The van der Waals surface area contributed by atoms with E-state index in [9.17, 15) is 9.18 Å². The molecular weight excluding hydrogens is 219 g/mol. The minimum Gasteiger partial charge on any atom is -0.338 e. The van der Waals surface area contributed by atoms with Gasteiger partial charge in [0.2, 0.25) is 0 Å². The maximum absolute atomic E-state index is 12.4. The molecule has 0 aliphatic heterocycles. The third kappa shape index (κ3) is 13.0. The van der Waals surface area contributed by atoms with E-state index in [1.54, 1.807) is 7.05 Å². The van der Waals surface area contributed by atoms with E-state index >= 15 is 0 Å². The topological polar surface area (TPSA) is 23.6 Å². The molecule has 0 aliphatic carbocycles. The average molecular weight is 248 g/mol. The fourth-order valence-electron chi connectivity index (χ4n) is 0.787. The van der Waals surface area contributed by atoms with Gasteiger partial charge in [-0.3, -0.25) is 4.79 Å². The molecule has 0 spiro atoms. The highest BCUT2D eigenvalue weighted by molar-refractivity contribution is 5.90. The highest BCUT2D eigenvalue weighted by Gasteiger charge is 2.11. The largest absolute Gasteiger partial charge is 0.338 e. The molecule has 0 aromatic carbocycles. The average Bonchev–Trinajstić information content (AvgIpc) is 2.38. The predicted molar refractivity (Wildman–Crippen MR) is 73.8 cm³/mol. The second-order valence-corrected chi connectivity index (χ2v) is 3.03. The van der Waals surface area contributed by atoms with Crippen molar-refractivity contribution in [1.29, 1.82) is 0 Å². The van der Waals surface area contributed by atoms with Gasteiger partial charge in [-0.2, -0.15) is 0 Å². The quantitative estimate of drug-likeness (QED) is 0.698. The van der Waals surface area contributed by atoms with Crippen LogP contribution in [-0.4, -0.2) is 49.4 Å². The first-order chi connectivity index (χ1) is 7.99. The molecule has 0 aromatic rings. The number of amides is 1. The number of halogens is 1. The minimum absolute atomic E-state index is 0.520. The summed E-state index contributed by atoms with van der Waals surface area (Å²) in [4.78, 5) is 14.4. The Kier molecular flexibility index (Phi) is 19.0. The molecule has 3 nitrogen and oxygen atoms in total. The Labute approximate surface area is 106 Å². The predicted octanol–water partition coefficient (Wildman–Crippen LogP) is 2.93. The van der Waals surface area contributed by atoms with Gasteiger partial charge < -0.3 is 9.80 Å². The summed E-state index contributed by atoms with van der Waals surface area (Å²) in [7, 11) is 3.51. The molecule has 0 unspecified atom stereocenters. The van der Waals surface area contributed by atoms with E-state index in [1.165, 1.54) is 4.90 Å². The summed E-state index contributed by atoms with van der Waals surface area (Å²) in [6.45, 7) is 15.2. The zero-order valence-corrected chi connectivity index (χ0v) is 12.5. The van der Waals surface area contributed by atoms with Crippen LogP contribution in [0.15, 0.2) is 12.4 Å². The maximum atomic E-state index is 12.4. The molecule has 0 N–H and O–H groups in total. The third-order valence-corrected chi connectivity index (χ3v) is 1.94. The molecule has 0 saturated heterocycles. The van der Waals surface area contributed by atoms with E-state index in [1.807, 2.05) is 46.6 Å². The molecule has 0 heterocycles. The Hall–Kier alpha value is -0.900. The second kappa shape index (κ2) is 15.1. The first-order valence-corrected chi connectivity index (χ1v) is 6.27. The summed E-state index contributed by atoms with van der Waals surface area (Å²) in [6.07, 6.45) is 0. The number of rotatable bonds is 5. The van der Waals surface area contributed by atoms with E-state index in [0.717, 1.165) is 13.1 Å². The van der Waals surface area contributed by atoms with Crippen molar-refractivity contribution in [2.45, 2.75) is 34.6 Å². The maximum Gasteiger partial charge on any atom is 0.281 e. The molecule has 0 fully saturated rings. The molecule has 104 valence electrons. The van der Waals surface area contributed by atoms with Gasteiger partial charge in [0.05, 0.1) is 0 Å². The highest BCUT2D eigenvalue weighted by Crippen LogP contribution is 1.97. The van der Waals surface area contributed by atoms with Crippen molar-refractivity contribution >= 4 is 5.91 Å². The van der Waals surface area contributed by atoms with Gasteiger partial charge in [0.1, 0.15) is 0 Å². The second-order valence-electron chi connectivity index (χ2n) is 3.03. The molecule has 0 aromatic heterocycles. The normalized spacial score (nSPS) is 8.53. The van der Waals surface area contributed by atoms with Gasteiger partial charge in [0, 0.05) is 20.1 Å². The molecule has 0 saturated carbocycles. The van der Waals surface area contributed by atoms with Crippen LogP contribution in [0.1, 0.15) is 34.6 Å². The van der Waals surface area contributed by atoms with Crippen molar-refractivity contribution in [3.63, 3.8) is 0 Å². The Bertz CT molecular complexity index is 196. The molecule has 0 atom stereocenters. The van der Waals surface area contributed by atoms with Crippen molar-refractivity contribution in [3.05, 3.63) is 12.4 Å². The van der Waals surface area contributed by atoms with E-state index in [0.29, 0.717) is 6.54 Å². The van der Waals surface area contributed by atoms with Crippen molar-refractivity contribution in [1.82, 2.24) is 9.80 Å². The van der Waals surface area contributed by atoms with Crippen molar-refractivity contribution in [2.24, 2.45) is 0 Å². The summed E-state index contributed by atoms with van der Waals surface area (Å²) in [5.41, 5.74) is 0. The summed E-state index contributed by atoms with van der Waals surface area (Å²) < 4.78 is 12.4. The lowest BCUT2D eigenvalue weighted by Crippen LogP contribution is -2.34. The number of hydrogen-bond acceptors (Lipinski definition) is 2. The van der Waals surface area contributed by atoms with Gasteiger partial charge in [0.15, 0.2) is 5.83 Å². The zero-order chi connectivity index (χ0) is 14.4. The van der Waals surface area contributed by atoms with Gasteiger partial charge in [-0.05, 0) is 13.6 Å².